The second-order valence-corrected chi connectivity index (χ2v) is 4.77. The molecule has 96 valence electrons. The number of hydrazine groups is 1. The lowest BCUT2D eigenvalue weighted by Gasteiger charge is -2.33. The van der Waals surface area contributed by atoms with Crippen molar-refractivity contribution in [3.63, 3.8) is 0 Å². The summed E-state index contributed by atoms with van der Waals surface area (Å²) >= 11 is 0. The van der Waals surface area contributed by atoms with E-state index in [4.69, 9.17) is 0 Å². The Morgan fingerprint density at radius 3 is 2.31 bits per heavy atom. The van der Waals surface area contributed by atoms with Crippen molar-refractivity contribution in [3.8, 4) is 0 Å². The topological polar surface area (TPSA) is 46.9 Å². The molecule has 1 rings (SSSR count). The van der Waals surface area contributed by atoms with Gasteiger partial charge in [0.25, 0.3) is 0 Å². The summed E-state index contributed by atoms with van der Waals surface area (Å²) < 4.78 is 0. The normalized spacial score (nSPS) is 18.6. The van der Waals surface area contributed by atoms with Gasteiger partial charge in [0, 0.05) is 6.54 Å². The van der Waals surface area contributed by atoms with Gasteiger partial charge in [-0.25, -0.2) is 0 Å². The van der Waals surface area contributed by atoms with Crippen LogP contribution in [-0.2, 0) is 0 Å². The zero-order valence-corrected chi connectivity index (χ0v) is 10.4. The largest absolute Gasteiger partial charge is 0.297 e. The summed E-state index contributed by atoms with van der Waals surface area (Å²) in [6, 6.07) is 0.116. The lowest BCUT2D eigenvalue weighted by atomic mass is 9.96. The van der Waals surface area contributed by atoms with Gasteiger partial charge in [-0.15, -0.1) is 5.17 Å². The molecule has 1 saturated carbocycles. The molecule has 0 spiro atoms. The molecule has 16 heavy (non-hydrogen) atoms. The Bertz CT molecular complexity index is 172. The van der Waals surface area contributed by atoms with E-state index in [-0.39, 0.29) is 6.04 Å². The maximum Gasteiger partial charge on any atom is 0.0535 e. The molecule has 0 saturated heterocycles. The van der Waals surface area contributed by atoms with Crippen molar-refractivity contribution in [3.05, 3.63) is 0 Å². The Morgan fingerprint density at radius 2 is 1.69 bits per heavy atom. The summed E-state index contributed by atoms with van der Waals surface area (Å²) in [6.45, 7) is 2.70. The molecule has 2 N–H and O–H groups in total. The molecule has 1 fully saturated rings. The Labute approximate surface area is 98.7 Å². The van der Waals surface area contributed by atoms with Gasteiger partial charge in [-0.1, -0.05) is 50.6 Å². The van der Waals surface area contributed by atoms with Gasteiger partial charge >= 0.3 is 0 Å². The van der Waals surface area contributed by atoms with Crippen LogP contribution in [0.5, 0.6) is 0 Å². The van der Waals surface area contributed by atoms with E-state index in [0.717, 1.165) is 48.9 Å². The summed E-state index contributed by atoms with van der Waals surface area (Å²) in [6.07, 6.45) is 9.99. The van der Waals surface area contributed by atoms with Crippen molar-refractivity contribution in [2.75, 3.05) is 6.54 Å². The number of hydroxylamine groups is 2. The van der Waals surface area contributed by atoms with Gasteiger partial charge in [-0.3, -0.25) is 10.4 Å². The molecule has 0 aromatic heterocycles. The first-order valence-electron chi connectivity index (χ1n) is 6.70. The molecule has 4 heteroatoms. The van der Waals surface area contributed by atoms with Crippen molar-refractivity contribution in [2.45, 2.75) is 70.8 Å². The standard InChI is InChI=1S/C12H26N2O2/c1-2-3-4-8-11-13(15)14(16)12-9-6-5-7-10-12/h12,15-16H,2-11H2,1H3. The third kappa shape index (κ3) is 4.78. The van der Waals surface area contributed by atoms with Crippen LogP contribution in [0, 0.1) is 0 Å². The average Bonchev–Trinajstić information content (AvgIpc) is 2.34. The van der Waals surface area contributed by atoms with Crippen LogP contribution in [0.15, 0.2) is 0 Å². The second kappa shape index (κ2) is 8.01. The lowest BCUT2D eigenvalue weighted by Crippen LogP contribution is -2.46. The highest BCUT2D eigenvalue weighted by molar-refractivity contribution is 4.68. The Morgan fingerprint density at radius 1 is 1.00 bits per heavy atom. The zero-order valence-electron chi connectivity index (χ0n) is 10.4. The fraction of sp³-hybridized carbons (Fsp3) is 1.00. The van der Waals surface area contributed by atoms with Crippen molar-refractivity contribution in [1.29, 1.82) is 0 Å². The van der Waals surface area contributed by atoms with Gasteiger partial charge in [0.2, 0.25) is 0 Å². The molecule has 0 aliphatic heterocycles. The predicted molar refractivity (Wildman–Crippen MR) is 63.1 cm³/mol. The highest BCUT2D eigenvalue weighted by atomic mass is 16.7. The van der Waals surface area contributed by atoms with E-state index < -0.39 is 0 Å². The van der Waals surface area contributed by atoms with E-state index in [0.29, 0.717) is 6.54 Å². The van der Waals surface area contributed by atoms with Gasteiger partial charge in [0.05, 0.1) is 6.04 Å². The molecule has 0 heterocycles. The SMILES string of the molecule is CCCCCCN(O)N(O)C1CCCCC1. The van der Waals surface area contributed by atoms with E-state index in [2.05, 4.69) is 6.92 Å². The molecule has 0 radical (unpaired) electrons. The van der Waals surface area contributed by atoms with E-state index in [1.165, 1.54) is 19.3 Å². The minimum atomic E-state index is 0.116. The van der Waals surface area contributed by atoms with Crippen LogP contribution in [0.4, 0.5) is 0 Å². The smallest absolute Gasteiger partial charge is 0.0535 e. The minimum absolute atomic E-state index is 0.116. The number of nitrogens with zero attached hydrogens (tertiary/aromatic N) is 2. The summed E-state index contributed by atoms with van der Waals surface area (Å²) in [5.74, 6) is 0. The van der Waals surface area contributed by atoms with E-state index >= 15 is 0 Å². The van der Waals surface area contributed by atoms with Crippen LogP contribution in [0.3, 0.4) is 0 Å². The molecule has 0 unspecified atom stereocenters. The number of rotatable bonds is 7. The summed E-state index contributed by atoms with van der Waals surface area (Å²) in [5, 5.41) is 21.5. The molecule has 0 aromatic rings. The Balaban J connectivity index is 2.15. The number of hydrogen-bond acceptors (Lipinski definition) is 4. The molecule has 1 aliphatic rings. The first kappa shape index (κ1) is 13.9. The van der Waals surface area contributed by atoms with Gasteiger partial charge in [0.1, 0.15) is 0 Å². The third-order valence-corrected chi connectivity index (χ3v) is 3.35. The second-order valence-electron chi connectivity index (χ2n) is 4.77. The molecule has 0 atom stereocenters. The van der Waals surface area contributed by atoms with E-state index in [9.17, 15) is 10.4 Å². The van der Waals surface area contributed by atoms with Gasteiger partial charge in [-0.05, 0) is 19.3 Å². The van der Waals surface area contributed by atoms with Crippen LogP contribution >= 0.6 is 0 Å². The molecule has 0 aromatic carbocycles. The number of hydrogen-bond donors (Lipinski definition) is 2. The predicted octanol–water partition coefficient (Wildman–Crippen LogP) is 3.20. The van der Waals surface area contributed by atoms with Crippen molar-refractivity contribution < 1.29 is 10.4 Å². The average molecular weight is 230 g/mol. The summed E-state index contributed by atoms with van der Waals surface area (Å²) in [4.78, 5) is 0. The third-order valence-electron chi connectivity index (χ3n) is 3.35. The van der Waals surface area contributed by atoms with Crippen LogP contribution in [0.25, 0.3) is 0 Å². The monoisotopic (exact) mass is 230 g/mol. The van der Waals surface area contributed by atoms with Gasteiger partial charge in [-0.2, -0.15) is 0 Å². The van der Waals surface area contributed by atoms with Crippen molar-refractivity contribution in [2.24, 2.45) is 0 Å². The summed E-state index contributed by atoms with van der Waals surface area (Å²) in [7, 11) is 0. The molecule has 0 bridgehead atoms. The maximum atomic E-state index is 9.81. The fourth-order valence-electron chi connectivity index (χ4n) is 2.28. The minimum Gasteiger partial charge on any atom is -0.297 e. The van der Waals surface area contributed by atoms with Crippen LogP contribution in [-0.4, -0.2) is 33.3 Å². The fourth-order valence-corrected chi connectivity index (χ4v) is 2.28. The zero-order chi connectivity index (χ0) is 11.8. The molecular formula is C12H26N2O2. The molecule has 0 amide bonds. The van der Waals surface area contributed by atoms with E-state index in [1.807, 2.05) is 0 Å². The molecular weight excluding hydrogens is 204 g/mol. The van der Waals surface area contributed by atoms with Gasteiger partial charge in [0.15, 0.2) is 0 Å². The quantitative estimate of drug-likeness (QED) is 0.521. The van der Waals surface area contributed by atoms with Crippen LogP contribution in [0.2, 0.25) is 0 Å². The van der Waals surface area contributed by atoms with E-state index in [1.54, 1.807) is 0 Å². The van der Waals surface area contributed by atoms with Crippen LogP contribution < -0.4 is 0 Å². The Kier molecular flexibility index (Phi) is 6.96. The highest BCUT2D eigenvalue weighted by Crippen LogP contribution is 2.22. The van der Waals surface area contributed by atoms with Crippen molar-refractivity contribution in [1.82, 2.24) is 10.3 Å². The summed E-state index contributed by atoms with van der Waals surface area (Å²) in [5.41, 5.74) is 0. The van der Waals surface area contributed by atoms with Gasteiger partial charge < -0.3 is 0 Å². The maximum absolute atomic E-state index is 9.81. The lowest BCUT2D eigenvalue weighted by molar-refractivity contribution is -0.386. The first-order valence-corrected chi connectivity index (χ1v) is 6.70. The molecule has 1 aliphatic carbocycles. The van der Waals surface area contributed by atoms with Crippen molar-refractivity contribution >= 4 is 0 Å². The Hall–Kier alpha value is -0.160. The number of unbranched alkanes of at least 4 members (excludes halogenated alkanes) is 3. The highest BCUT2D eigenvalue weighted by Gasteiger charge is 2.23. The van der Waals surface area contributed by atoms with Crippen LogP contribution in [0.1, 0.15) is 64.7 Å². The first-order chi connectivity index (χ1) is 7.75. The molecule has 4 nitrogen and oxygen atoms in total.